The first kappa shape index (κ1) is 14.9. The maximum absolute atomic E-state index is 6.12. The molecule has 3 nitrogen and oxygen atoms in total. The molecule has 1 aliphatic rings. The summed E-state index contributed by atoms with van der Waals surface area (Å²) in [4.78, 5) is 0. The Kier molecular flexibility index (Phi) is 4.01. The van der Waals surface area contributed by atoms with Crippen LogP contribution in [0.5, 0.6) is 5.75 Å². The van der Waals surface area contributed by atoms with Gasteiger partial charge in [-0.1, -0.05) is 19.9 Å². The number of rotatable bonds is 2. The van der Waals surface area contributed by atoms with E-state index in [1.807, 2.05) is 18.2 Å². The van der Waals surface area contributed by atoms with Crippen LogP contribution >= 0.6 is 15.9 Å². The third kappa shape index (κ3) is 2.83. The smallest absolute Gasteiger partial charge is 0.494 e. The highest BCUT2D eigenvalue weighted by molar-refractivity contribution is 9.10. The Bertz CT molecular complexity index is 474. The summed E-state index contributed by atoms with van der Waals surface area (Å²) >= 11 is 3.45. The molecule has 1 aromatic carbocycles. The second-order valence-corrected chi connectivity index (χ2v) is 6.90. The van der Waals surface area contributed by atoms with Crippen molar-refractivity contribution in [1.29, 1.82) is 0 Å². The first-order valence-corrected chi connectivity index (χ1v) is 7.19. The van der Waals surface area contributed by atoms with E-state index >= 15 is 0 Å². The molecule has 5 heteroatoms. The van der Waals surface area contributed by atoms with Crippen LogP contribution in [0.25, 0.3) is 0 Å². The molecule has 0 aliphatic carbocycles. The lowest BCUT2D eigenvalue weighted by atomic mass is 9.69. The Balaban J connectivity index is 2.25. The second kappa shape index (κ2) is 5.11. The van der Waals surface area contributed by atoms with E-state index in [4.69, 9.17) is 14.0 Å². The van der Waals surface area contributed by atoms with Crippen molar-refractivity contribution in [3.05, 3.63) is 22.7 Å². The summed E-state index contributed by atoms with van der Waals surface area (Å²) in [5.74, 6) is 0.785. The van der Waals surface area contributed by atoms with Crippen molar-refractivity contribution in [2.45, 2.75) is 33.3 Å². The highest BCUT2D eigenvalue weighted by Crippen LogP contribution is 2.38. The van der Waals surface area contributed by atoms with Crippen LogP contribution in [0, 0.1) is 5.41 Å². The van der Waals surface area contributed by atoms with Crippen LogP contribution in [0.3, 0.4) is 0 Å². The molecular formula is C14H20BBrO3. The molecule has 0 atom stereocenters. The summed E-state index contributed by atoms with van der Waals surface area (Å²) < 4.78 is 18.2. The molecule has 0 radical (unpaired) electrons. The molecule has 0 saturated carbocycles. The number of halogens is 1. The summed E-state index contributed by atoms with van der Waals surface area (Å²) in [6.07, 6.45) is 0. The number of benzene rings is 1. The highest BCUT2D eigenvalue weighted by atomic mass is 79.9. The van der Waals surface area contributed by atoms with Gasteiger partial charge in [0.1, 0.15) is 5.75 Å². The SMILES string of the molecule is COc1cc(B2OCC(C)(C)C(C)(C)O2)ccc1Br. The normalized spacial score (nSPS) is 21.3. The van der Waals surface area contributed by atoms with Crippen LogP contribution in [0.1, 0.15) is 27.7 Å². The standard InChI is InChI=1S/C14H20BBrO3/c1-13(2)9-18-15(19-14(13,3)4)10-6-7-11(16)12(8-10)17-5/h6-8H,9H2,1-5H3. The van der Waals surface area contributed by atoms with E-state index in [0.717, 1.165) is 15.7 Å². The van der Waals surface area contributed by atoms with Gasteiger partial charge >= 0.3 is 7.12 Å². The molecule has 0 unspecified atom stereocenters. The summed E-state index contributed by atoms with van der Waals surface area (Å²) in [7, 11) is 1.31. The van der Waals surface area contributed by atoms with Crippen LogP contribution in [0.4, 0.5) is 0 Å². The molecule has 1 aromatic rings. The van der Waals surface area contributed by atoms with E-state index in [9.17, 15) is 0 Å². The van der Waals surface area contributed by atoms with Gasteiger partial charge in [0.25, 0.3) is 0 Å². The van der Waals surface area contributed by atoms with Gasteiger partial charge in [-0.15, -0.1) is 0 Å². The summed E-state index contributed by atoms with van der Waals surface area (Å²) in [5, 5.41) is 0. The lowest BCUT2D eigenvalue weighted by Crippen LogP contribution is -2.58. The summed E-state index contributed by atoms with van der Waals surface area (Å²) in [6, 6.07) is 5.89. The van der Waals surface area contributed by atoms with Crippen LogP contribution in [0.2, 0.25) is 0 Å². The number of methoxy groups -OCH3 is 1. The predicted octanol–water partition coefficient (Wildman–Crippen LogP) is 3.00. The Labute approximate surface area is 123 Å². The van der Waals surface area contributed by atoms with Crippen molar-refractivity contribution in [3.63, 3.8) is 0 Å². The van der Waals surface area contributed by atoms with Gasteiger partial charge in [0.2, 0.25) is 0 Å². The molecular weight excluding hydrogens is 307 g/mol. The molecule has 0 bridgehead atoms. The van der Waals surface area contributed by atoms with Crippen LogP contribution in [-0.2, 0) is 9.31 Å². The summed E-state index contributed by atoms with van der Waals surface area (Å²) in [5.41, 5.74) is 0.725. The minimum absolute atomic E-state index is 0.0110. The summed E-state index contributed by atoms with van der Waals surface area (Å²) in [6.45, 7) is 9.21. The van der Waals surface area contributed by atoms with Crippen molar-refractivity contribution in [2.24, 2.45) is 5.41 Å². The van der Waals surface area contributed by atoms with Crippen molar-refractivity contribution >= 4 is 28.5 Å². The van der Waals surface area contributed by atoms with E-state index in [2.05, 4.69) is 43.6 Å². The Morgan fingerprint density at radius 2 is 1.95 bits per heavy atom. The van der Waals surface area contributed by atoms with Gasteiger partial charge in [-0.05, 0) is 47.4 Å². The van der Waals surface area contributed by atoms with Gasteiger partial charge in [0.15, 0.2) is 0 Å². The van der Waals surface area contributed by atoms with Gasteiger partial charge in [-0.25, -0.2) is 0 Å². The van der Waals surface area contributed by atoms with E-state index < -0.39 is 0 Å². The molecule has 0 N–H and O–H groups in total. The Hall–Kier alpha value is -0.515. The van der Waals surface area contributed by atoms with Crippen molar-refractivity contribution in [1.82, 2.24) is 0 Å². The average Bonchev–Trinajstić information content (AvgIpc) is 2.33. The van der Waals surface area contributed by atoms with Gasteiger partial charge in [0.05, 0.1) is 17.2 Å². The molecule has 2 rings (SSSR count). The zero-order chi connectivity index (χ0) is 14.3. The van der Waals surface area contributed by atoms with Gasteiger partial charge in [0, 0.05) is 12.0 Å². The maximum atomic E-state index is 6.12. The first-order chi connectivity index (χ1) is 8.77. The maximum Gasteiger partial charge on any atom is 0.494 e. The fraction of sp³-hybridized carbons (Fsp3) is 0.571. The minimum Gasteiger partial charge on any atom is -0.496 e. The lowest BCUT2D eigenvalue weighted by molar-refractivity contribution is -0.0937. The van der Waals surface area contributed by atoms with Crippen LogP contribution in [-0.4, -0.2) is 26.4 Å². The predicted molar refractivity (Wildman–Crippen MR) is 81.0 cm³/mol. The molecule has 1 saturated heterocycles. The molecule has 19 heavy (non-hydrogen) atoms. The zero-order valence-corrected chi connectivity index (χ0v) is 13.7. The lowest BCUT2D eigenvalue weighted by Gasteiger charge is -2.47. The van der Waals surface area contributed by atoms with E-state index in [1.54, 1.807) is 7.11 Å². The molecule has 1 aliphatic heterocycles. The van der Waals surface area contributed by atoms with E-state index in [-0.39, 0.29) is 18.1 Å². The number of hydrogen-bond acceptors (Lipinski definition) is 3. The molecule has 1 heterocycles. The van der Waals surface area contributed by atoms with Crippen molar-refractivity contribution in [3.8, 4) is 5.75 Å². The van der Waals surface area contributed by atoms with Gasteiger partial charge < -0.3 is 14.0 Å². The van der Waals surface area contributed by atoms with Crippen molar-refractivity contribution < 1.29 is 14.0 Å². The zero-order valence-electron chi connectivity index (χ0n) is 12.1. The number of hydrogen-bond donors (Lipinski definition) is 0. The van der Waals surface area contributed by atoms with E-state index in [1.165, 1.54) is 0 Å². The number of ether oxygens (including phenoxy) is 1. The van der Waals surface area contributed by atoms with Crippen molar-refractivity contribution in [2.75, 3.05) is 13.7 Å². The molecule has 0 spiro atoms. The Morgan fingerprint density at radius 1 is 1.26 bits per heavy atom. The van der Waals surface area contributed by atoms with Gasteiger partial charge in [-0.3, -0.25) is 0 Å². The molecule has 1 fully saturated rings. The Morgan fingerprint density at radius 3 is 2.53 bits per heavy atom. The highest BCUT2D eigenvalue weighted by Gasteiger charge is 2.46. The third-order valence-corrected chi connectivity index (χ3v) is 4.73. The van der Waals surface area contributed by atoms with Crippen LogP contribution < -0.4 is 10.2 Å². The molecule has 104 valence electrons. The fourth-order valence-electron chi connectivity index (χ4n) is 1.91. The van der Waals surface area contributed by atoms with E-state index in [0.29, 0.717) is 6.61 Å². The average molecular weight is 327 g/mol. The van der Waals surface area contributed by atoms with Crippen LogP contribution in [0.15, 0.2) is 22.7 Å². The minimum atomic E-state index is -0.343. The first-order valence-electron chi connectivity index (χ1n) is 6.40. The third-order valence-electron chi connectivity index (χ3n) is 4.07. The quantitative estimate of drug-likeness (QED) is 0.782. The largest absolute Gasteiger partial charge is 0.496 e. The fourth-order valence-corrected chi connectivity index (χ4v) is 2.31. The molecule has 0 aromatic heterocycles. The monoisotopic (exact) mass is 326 g/mol. The van der Waals surface area contributed by atoms with Gasteiger partial charge in [-0.2, -0.15) is 0 Å². The second-order valence-electron chi connectivity index (χ2n) is 6.05. The topological polar surface area (TPSA) is 27.7 Å². The molecule has 0 amide bonds.